The van der Waals surface area contributed by atoms with Crippen molar-refractivity contribution < 1.29 is 32.6 Å². The van der Waals surface area contributed by atoms with E-state index in [1.165, 1.54) is 24.3 Å². The number of carbonyl (C=O) groups excluding carboxylic acids is 1. The standard InChI is InChI=1S/C19H19ClF3N3O3/c1-12-8-14(20)10-17(26(12)28)24-15-6-7-25(11-15)18(27)9-13-2-4-16(5-3-13)29-19(21,22)23/h2-5,8,10,15,28H,6-7,9,11H2,1H3/p+1/t15-/m0/s1. The molecular formula is C19H20ClF3N3O3+. The van der Waals surface area contributed by atoms with Gasteiger partial charge in [-0.3, -0.25) is 10.1 Å². The maximum absolute atomic E-state index is 12.5. The normalized spacial score (nSPS) is 16.7. The highest BCUT2D eigenvalue weighted by molar-refractivity contribution is 6.30. The molecule has 3 rings (SSSR count). The minimum atomic E-state index is -4.75. The summed E-state index contributed by atoms with van der Waals surface area (Å²) < 4.78 is 41.4. The van der Waals surface area contributed by atoms with Gasteiger partial charge in [0.15, 0.2) is 0 Å². The highest BCUT2D eigenvalue weighted by Gasteiger charge is 2.32. The molecule has 2 aromatic rings. The van der Waals surface area contributed by atoms with Crippen molar-refractivity contribution in [1.82, 2.24) is 4.90 Å². The summed E-state index contributed by atoms with van der Waals surface area (Å²) in [6.45, 7) is 2.70. The second-order valence-corrected chi connectivity index (χ2v) is 7.29. The summed E-state index contributed by atoms with van der Waals surface area (Å²) in [4.78, 5) is 14.2. The number of anilines is 1. The number of aromatic nitrogens is 1. The average Bonchev–Trinajstić information content (AvgIpc) is 3.08. The van der Waals surface area contributed by atoms with Gasteiger partial charge in [0.1, 0.15) is 17.5 Å². The second kappa shape index (κ2) is 8.36. The predicted molar refractivity (Wildman–Crippen MR) is 99.0 cm³/mol. The van der Waals surface area contributed by atoms with E-state index >= 15 is 0 Å². The molecule has 1 saturated heterocycles. The Morgan fingerprint density at radius 3 is 2.69 bits per heavy atom. The van der Waals surface area contributed by atoms with Gasteiger partial charge in [0.05, 0.1) is 18.0 Å². The highest BCUT2D eigenvalue weighted by atomic mass is 35.5. The minimum Gasteiger partial charge on any atom is -0.406 e. The number of benzene rings is 1. The first-order chi connectivity index (χ1) is 13.6. The van der Waals surface area contributed by atoms with Crippen LogP contribution in [0.15, 0.2) is 36.4 Å². The maximum Gasteiger partial charge on any atom is 0.573 e. The molecule has 1 aromatic heterocycles. The molecule has 156 valence electrons. The molecule has 1 atom stereocenters. The van der Waals surface area contributed by atoms with E-state index < -0.39 is 6.36 Å². The Labute approximate surface area is 170 Å². The fourth-order valence-electron chi connectivity index (χ4n) is 3.20. The number of nitrogens with zero attached hydrogens (tertiary/aromatic N) is 2. The van der Waals surface area contributed by atoms with Crippen LogP contribution in [0, 0.1) is 6.92 Å². The number of aryl methyl sites for hydroxylation is 1. The minimum absolute atomic E-state index is 0.0576. The molecule has 1 fully saturated rings. The first-order valence-electron chi connectivity index (χ1n) is 8.91. The van der Waals surface area contributed by atoms with Crippen LogP contribution in [0.4, 0.5) is 19.0 Å². The number of hydrogen-bond donors (Lipinski definition) is 2. The van der Waals surface area contributed by atoms with E-state index in [1.54, 1.807) is 24.0 Å². The predicted octanol–water partition coefficient (Wildman–Crippen LogP) is 3.33. The first-order valence-corrected chi connectivity index (χ1v) is 9.29. The maximum atomic E-state index is 12.5. The van der Waals surface area contributed by atoms with E-state index in [4.69, 9.17) is 11.6 Å². The first kappa shape index (κ1) is 21.0. The number of hydrogen-bond acceptors (Lipinski definition) is 4. The van der Waals surface area contributed by atoms with E-state index in [1.807, 2.05) is 0 Å². The number of halogens is 4. The molecule has 0 spiro atoms. The number of likely N-dealkylation sites (tertiary alicyclic amines) is 1. The topological polar surface area (TPSA) is 65.7 Å². The number of alkyl halides is 3. The summed E-state index contributed by atoms with van der Waals surface area (Å²) in [5.41, 5.74) is 1.17. The van der Waals surface area contributed by atoms with Crippen LogP contribution in [0.3, 0.4) is 0 Å². The zero-order valence-electron chi connectivity index (χ0n) is 15.5. The third kappa shape index (κ3) is 5.66. The summed E-state index contributed by atoms with van der Waals surface area (Å²) >= 11 is 6.02. The van der Waals surface area contributed by atoms with Crippen LogP contribution in [0.2, 0.25) is 5.02 Å². The van der Waals surface area contributed by atoms with Gasteiger partial charge in [0.25, 0.3) is 0 Å². The molecule has 0 saturated carbocycles. The van der Waals surface area contributed by atoms with Crippen molar-refractivity contribution in [2.45, 2.75) is 32.2 Å². The Balaban J connectivity index is 1.55. The molecule has 1 aliphatic heterocycles. The monoisotopic (exact) mass is 430 g/mol. The molecule has 10 heteroatoms. The van der Waals surface area contributed by atoms with E-state index in [0.29, 0.717) is 41.6 Å². The Bertz CT molecular complexity index is 891. The molecule has 29 heavy (non-hydrogen) atoms. The van der Waals surface area contributed by atoms with Crippen molar-refractivity contribution in [2.75, 3.05) is 18.4 Å². The quantitative estimate of drug-likeness (QED) is 0.564. The van der Waals surface area contributed by atoms with Crippen LogP contribution >= 0.6 is 11.6 Å². The molecule has 6 nitrogen and oxygen atoms in total. The van der Waals surface area contributed by atoms with Gasteiger partial charge < -0.3 is 14.8 Å². The summed E-state index contributed by atoms with van der Waals surface area (Å²) in [5, 5.41) is 13.7. The second-order valence-electron chi connectivity index (χ2n) is 6.85. The lowest BCUT2D eigenvalue weighted by Gasteiger charge is -2.16. The molecule has 0 unspecified atom stereocenters. The molecule has 2 N–H and O–H groups in total. The Morgan fingerprint density at radius 1 is 1.34 bits per heavy atom. The number of pyridine rings is 1. The molecular weight excluding hydrogens is 411 g/mol. The van der Waals surface area contributed by atoms with Crippen LogP contribution in [0.25, 0.3) is 0 Å². The van der Waals surface area contributed by atoms with Crippen LogP contribution < -0.4 is 14.8 Å². The zero-order valence-corrected chi connectivity index (χ0v) is 16.3. The van der Waals surface area contributed by atoms with Crippen molar-refractivity contribution >= 4 is 23.3 Å². The van der Waals surface area contributed by atoms with Gasteiger partial charge in [-0.05, 0) is 22.4 Å². The number of nitrogens with one attached hydrogen (secondary N) is 1. The van der Waals surface area contributed by atoms with Gasteiger partial charge in [-0.2, -0.15) is 0 Å². The molecule has 0 bridgehead atoms. The lowest BCUT2D eigenvalue weighted by atomic mass is 10.1. The van der Waals surface area contributed by atoms with E-state index in [2.05, 4.69) is 10.1 Å². The Hall–Kier alpha value is -2.68. The Kier molecular flexibility index (Phi) is 6.07. The molecule has 1 aromatic carbocycles. The molecule has 0 radical (unpaired) electrons. The van der Waals surface area contributed by atoms with Crippen LogP contribution in [-0.4, -0.2) is 41.5 Å². The van der Waals surface area contributed by atoms with Gasteiger partial charge in [-0.25, -0.2) is 0 Å². The number of rotatable bonds is 5. The lowest BCUT2D eigenvalue weighted by molar-refractivity contribution is -0.897. The number of amides is 1. The fraction of sp³-hybridized carbons (Fsp3) is 0.368. The Morgan fingerprint density at radius 2 is 2.03 bits per heavy atom. The zero-order chi connectivity index (χ0) is 21.2. The molecule has 1 aliphatic rings. The number of carbonyl (C=O) groups is 1. The average molecular weight is 431 g/mol. The van der Waals surface area contributed by atoms with Crippen LogP contribution in [0.5, 0.6) is 5.75 Å². The molecule has 2 heterocycles. The van der Waals surface area contributed by atoms with Gasteiger partial charge in [-0.15, -0.1) is 13.2 Å². The summed E-state index contributed by atoms with van der Waals surface area (Å²) in [7, 11) is 0. The van der Waals surface area contributed by atoms with Crippen LogP contribution in [0.1, 0.15) is 17.7 Å². The summed E-state index contributed by atoms with van der Waals surface area (Å²) in [5.74, 6) is -0.0132. The van der Waals surface area contributed by atoms with Gasteiger partial charge >= 0.3 is 12.2 Å². The fourth-order valence-corrected chi connectivity index (χ4v) is 3.46. The number of ether oxygens (including phenoxy) is 1. The molecule has 1 amide bonds. The van der Waals surface area contributed by atoms with Gasteiger partial charge in [0.2, 0.25) is 5.91 Å². The van der Waals surface area contributed by atoms with Crippen molar-refractivity contribution in [3.05, 3.63) is 52.7 Å². The van der Waals surface area contributed by atoms with E-state index in [0.717, 1.165) is 4.73 Å². The van der Waals surface area contributed by atoms with E-state index in [9.17, 15) is 23.2 Å². The molecule has 0 aliphatic carbocycles. The largest absolute Gasteiger partial charge is 0.573 e. The SMILES string of the molecule is Cc1cc(Cl)cc(N[C@H]2CCN(C(=O)Cc3ccc(OC(F)(F)F)cc3)C2)[n+]1O. The van der Waals surface area contributed by atoms with Crippen molar-refractivity contribution in [3.8, 4) is 5.75 Å². The van der Waals surface area contributed by atoms with E-state index in [-0.39, 0.29) is 24.1 Å². The van der Waals surface area contributed by atoms with Crippen molar-refractivity contribution in [1.29, 1.82) is 0 Å². The lowest BCUT2D eigenvalue weighted by Crippen LogP contribution is -2.40. The van der Waals surface area contributed by atoms with Gasteiger partial charge in [0, 0.05) is 32.0 Å². The third-order valence-corrected chi connectivity index (χ3v) is 4.81. The third-order valence-electron chi connectivity index (χ3n) is 4.59. The van der Waals surface area contributed by atoms with Crippen molar-refractivity contribution in [2.24, 2.45) is 0 Å². The van der Waals surface area contributed by atoms with Gasteiger partial charge in [-0.1, -0.05) is 23.7 Å². The van der Waals surface area contributed by atoms with Crippen LogP contribution in [-0.2, 0) is 11.2 Å². The summed E-state index contributed by atoms with van der Waals surface area (Å²) in [6, 6.07) is 8.42. The highest BCUT2D eigenvalue weighted by Crippen LogP contribution is 2.23. The smallest absolute Gasteiger partial charge is 0.406 e. The summed E-state index contributed by atoms with van der Waals surface area (Å²) in [6.07, 6.45) is -3.98. The van der Waals surface area contributed by atoms with Crippen molar-refractivity contribution in [3.63, 3.8) is 0 Å².